The second-order valence-electron chi connectivity index (χ2n) is 15.1. The molecule has 1 heterocycles. The minimum Gasteiger partial charge on any atom is -0.435 e. The van der Waals surface area contributed by atoms with Gasteiger partial charge in [-0.15, -0.1) is 0 Å². The molecule has 59 heavy (non-hydrogen) atoms. The Labute approximate surface area is 344 Å². The average molecular weight is 771 g/mol. The van der Waals surface area contributed by atoms with Gasteiger partial charge in [0.2, 0.25) is 5.89 Å². The molecule has 0 N–H and O–H groups in total. The van der Waals surface area contributed by atoms with Crippen LogP contribution in [0.3, 0.4) is 0 Å². The molecule has 0 fully saturated rings. The van der Waals surface area contributed by atoms with E-state index in [-0.39, 0.29) is 0 Å². The second-order valence-corrected chi connectivity index (χ2v) is 18.9. The van der Waals surface area contributed by atoms with Crippen molar-refractivity contribution in [1.82, 2.24) is 4.98 Å². The second kappa shape index (κ2) is 14.4. The first kappa shape index (κ1) is 34.7. The predicted molar refractivity (Wildman–Crippen MR) is 250 cm³/mol. The van der Waals surface area contributed by atoms with Crippen LogP contribution >= 0.6 is 0 Å². The Morgan fingerprint density at radius 3 is 1.49 bits per heavy atom. The Morgan fingerprint density at radius 1 is 0.373 bits per heavy atom. The molecule has 0 unspecified atom stereocenters. The van der Waals surface area contributed by atoms with Crippen LogP contribution in [0.5, 0.6) is 0 Å². The lowest BCUT2D eigenvalue weighted by molar-refractivity contribution is 0.623. The smallest absolute Gasteiger partial charge is 0.227 e. The molecule has 0 amide bonds. The number of anilines is 3. The highest BCUT2D eigenvalue weighted by Crippen LogP contribution is 2.41. The van der Waals surface area contributed by atoms with Crippen molar-refractivity contribution in [2.24, 2.45) is 0 Å². The Bertz CT molecular complexity index is 3160. The van der Waals surface area contributed by atoms with Crippen molar-refractivity contribution in [3.8, 4) is 11.5 Å². The molecule has 10 aromatic carbocycles. The Hall–Kier alpha value is -7.53. The summed E-state index contributed by atoms with van der Waals surface area (Å²) < 4.78 is 6.63. The highest BCUT2D eigenvalue weighted by molar-refractivity contribution is 7.19. The zero-order chi connectivity index (χ0) is 39.2. The standard InChI is InChI=1S/C55H38N2OSi/c1-5-16-42(17-6-1)55-56-52-36-29-41-26-25-40-28-31-46(38-51(40)53(41)54(52)58-55)57(45-30-27-39-15-13-14-18-43(39)37-45)44-32-34-50(35-33-44)59(47-19-7-2-8-20-47,48-21-9-3-10-22-48)49-23-11-4-12-24-49/h1-38H. The van der Waals surface area contributed by atoms with Crippen molar-refractivity contribution in [2.75, 3.05) is 4.90 Å². The quantitative estimate of drug-likeness (QED) is 0.0875. The summed E-state index contributed by atoms with van der Waals surface area (Å²) in [6.07, 6.45) is 0. The van der Waals surface area contributed by atoms with Gasteiger partial charge in [0.05, 0.1) is 0 Å². The Balaban J connectivity index is 1.12. The molecule has 11 aromatic rings. The van der Waals surface area contributed by atoms with Gasteiger partial charge in [0, 0.05) is 28.0 Å². The lowest BCUT2D eigenvalue weighted by Crippen LogP contribution is -2.74. The molecule has 0 spiro atoms. The van der Waals surface area contributed by atoms with Gasteiger partial charge < -0.3 is 9.32 Å². The highest BCUT2D eigenvalue weighted by atomic mass is 28.3. The largest absolute Gasteiger partial charge is 0.435 e. The van der Waals surface area contributed by atoms with E-state index in [2.05, 4.69) is 205 Å². The van der Waals surface area contributed by atoms with Gasteiger partial charge in [0.1, 0.15) is 5.52 Å². The van der Waals surface area contributed by atoms with E-state index in [1.165, 1.54) is 31.5 Å². The van der Waals surface area contributed by atoms with E-state index in [0.717, 1.165) is 55.3 Å². The van der Waals surface area contributed by atoms with E-state index >= 15 is 0 Å². The Morgan fingerprint density at radius 2 is 0.847 bits per heavy atom. The first-order chi connectivity index (χ1) is 29.2. The van der Waals surface area contributed by atoms with Gasteiger partial charge in [-0.3, -0.25) is 0 Å². The number of oxazole rings is 1. The lowest BCUT2D eigenvalue weighted by atomic mass is 10.00. The van der Waals surface area contributed by atoms with E-state index in [1.54, 1.807) is 0 Å². The van der Waals surface area contributed by atoms with Crippen LogP contribution in [0.15, 0.2) is 235 Å². The average Bonchev–Trinajstić information content (AvgIpc) is 3.76. The molecule has 0 bridgehead atoms. The van der Waals surface area contributed by atoms with E-state index in [1.807, 2.05) is 30.3 Å². The van der Waals surface area contributed by atoms with Crippen molar-refractivity contribution < 1.29 is 4.42 Å². The van der Waals surface area contributed by atoms with Crippen molar-refractivity contribution >= 4 is 89.3 Å². The third kappa shape index (κ3) is 5.92. The zero-order valence-corrected chi connectivity index (χ0v) is 33.2. The molecule has 4 heteroatoms. The minimum atomic E-state index is -2.70. The SMILES string of the molecule is c1ccc(-c2nc3ccc4ccc5ccc(N(c6ccc([Si](c7ccccc7)(c7ccccc7)c7ccccc7)cc6)c6ccc7ccccc7c6)cc5c4c3o2)cc1. The van der Waals surface area contributed by atoms with Crippen LogP contribution in [0.4, 0.5) is 17.1 Å². The van der Waals surface area contributed by atoms with E-state index < -0.39 is 8.07 Å². The first-order valence-corrected chi connectivity index (χ1v) is 22.1. The number of fused-ring (bicyclic) bond motifs is 6. The number of aromatic nitrogens is 1. The van der Waals surface area contributed by atoms with E-state index in [4.69, 9.17) is 9.40 Å². The van der Waals surface area contributed by atoms with Gasteiger partial charge in [0.25, 0.3) is 0 Å². The highest BCUT2D eigenvalue weighted by Gasteiger charge is 2.41. The monoisotopic (exact) mass is 770 g/mol. The van der Waals surface area contributed by atoms with E-state index in [0.29, 0.717) is 5.89 Å². The molecular formula is C55H38N2OSi. The van der Waals surface area contributed by atoms with Gasteiger partial charge in [-0.1, -0.05) is 176 Å². The third-order valence-electron chi connectivity index (χ3n) is 11.8. The molecule has 278 valence electrons. The van der Waals surface area contributed by atoms with Crippen LogP contribution in [0.2, 0.25) is 0 Å². The van der Waals surface area contributed by atoms with Gasteiger partial charge in [-0.2, -0.15) is 0 Å². The fourth-order valence-electron chi connectivity index (χ4n) is 9.04. The van der Waals surface area contributed by atoms with Crippen LogP contribution < -0.4 is 25.6 Å². The molecule has 0 atom stereocenters. The molecule has 3 nitrogen and oxygen atoms in total. The molecule has 0 saturated carbocycles. The molecule has 11 rings (SSSR count). The summed E-state index contributed by atoms with van der Waals surface area (Å²) in [6, 6.07) is 83.6. The Kier molecular flexibility index (Phi) is 8.49. The van der Waals surface area contributed by atoms with Gasteiger partial charge >= 0.3 is 0 Å². The predicted octanol–water partition coefficient (Wildman–Crippen LogP) is 11.8. The molecule has 0 aliphatic rings. The number of rotatable bonds is 8. The molecule has 0 radical (unpaired) electrons. The van der Waals surface area contributed by atoms with Crippen molar-refractivity contribution in [1.29, 1.82) is 0 Å². The van der Waals surface area contributed by atoms with Crippen LogP contribution in [0.25, 0.3) is 54.9 Å². The maximum atomic E-state index is 6.63. The summed E-state index contributed by atoms with van der Waals surface area (Å²) in [6.45, 7) is 0. The first-order valence-electron chi connectivity index (χ1n) is 20.1. The van der Waals surface area contributed by atoms with Gasteiger partial charge in [-0.25, -0.2) is 4.98 Å². The summed E-state index contributed by atoms with van der Waals surface area (Å²) in [5, 5.41) is 12.2. The van der Waals surface area contributed by atoms with Crippen molar-refractivity contribution in [2.45, 2.75) is 0 Å². The van der Waals surface area contributed by atoms with Crippen LogP contribution in [0.1, 0.15) is 0 Å². The molecule has 0 saturated heterocycles. The zero-order valence-electron chi connectivity index (χ0n) is 32.2. The topological polar surface area (TPSA) is 29.3 Å². The minimum absolute atomic E-state index is 0.625. The summed E-state index contributed by atoms with van der Waals surface area (Å²) in [7, 11) is -2.70. The molecule has 0 aliphatic carbocycles. The van der Waals surface area contributed by atoms with Gasteiger partial charge in [0.15, 0.2) is 13.7 Å². The third-order valence-corrected chi connectivity index (χ3v) is 16.6. The summed E-state index contributed by atoms with van der Waals surface area (Å²) in [5.74, 6) is 0.625. The van der Waals surface area contributed by atoms with Crippen molar-refractivity contribution in [3.63, 3.8) is 0 Å². The maximum Gasteiger partial charge on any atom is 0.227 e. The van der Waals surface area contributed by atoms with Crippen molar-refractivity contribution in [3.05, 3.63) is 231 Å². The van der Waals surface area contributed by atoms with E-state index in [9.17, 15) is 0 Å². The fourth-order valence-corrected chi connectivity index (χ4v) is 13.8. The molecule has 0 aliphatic heterocycles. The maximum absolute atomic E-state index is 6.63. The molecule has 1 aromatic heterocycles. The number of nitrogens with zero attached hydrogens (tertiary/aromatic N) is 2. The number of benzene rings is 10. The van der Waals surface area contributed by atoms with Crippen LogP contribution in [0, 0.1) is 0 Å². The lowest BCUT2D eigenvalue weighted by Gasteiger charge is -2.35. The summed E-state index contributed by atoms with van der Waals surface area (Å²) in [5.41, 5.74) is 5.84. The molecular weight excluding hydrogens is 733 g/mol. The van der Waals surface area contributed by atoms with Gasteiger partial charge in [-0.05, 0) is 102 Å². The normalized spacial score (nSPS) is 11.7. The van der Waals surface area contributed by atoms with Crippen LogP contribution in [-0.4, -0.2) is 13.1 Å². The fraction of sp³-hybridized carbons (Fsp3) is 0. The summed E-state index contributed by atoms with van der Waals surface area (Å²) in [4.78, 5) is 7.33. The number of hydrogen-bond donors (Lipinski definition) is 0. The summed E-state index contributed by atoms with van der Waals surface area (Å²) >= 11 is 0. The number of hydrogen-bond acceptors (Lipinski definition) is 3. The van der Waals surface area contributed by atoms with Crippen LogP contribution in [-0.2, 0) is 0 Å².